The van der Waals surface area contributed by atoms with Crippen LogP contribution in [-0.2, 0) is 9.53 Å². The zero-order chi connectivity index (χ0) is 19.2. The molecule has 2 aliphatic carbocycles. The second-order valence-corrected chi connectivity index (χ2v) is 8.25. The lowest BCUT2D eigenvalue weighted by molar-refractivity contribution is -0.134. The Labute approximate surface area is 159 Å². The van der Waals surface area contributed by atoms with Crippen LogP contribution in [0.25, 0.3) is 0 Å². The summed E-state index contributed by atoms with van der Waals surface area (Å²) in [6.45, 7) is 8.91. The number of hydrogen-bond donors (Lipinski definition) is 0. The van der Waals surface area contributed by atoms with Gasteiger partial charge in [0.25, 0.3) is 0 Å². The van der Waals surface area contributed by atoms with Gasteiger partial charge in [-0.3, -0.25) is 0 Å². The normalized spacial score (nSPS) is 23.8. The lowest BCUT2D eigenvalue weighted by Crippen LogP contribution is -2.21. The molecule has 0 spiro atoms. The van der Waals surface area contributed by atoms with Gasteiger partial charge < -0.3 is 4.74 Å². The predicted molar refractivity (Wildman–Crippen MR) is 110 cm³/mol. The van der Waals surface area contributed by atoms with Crippen LogP contribution >= 0.6 is 0 Å². The van der Waals surface area contributed by atoms with Crippen molar-refractivity contribution in [2.24, 2.45) is 5.41 Å². The van der Waals surface area contributed by atoms with E-state index in [-0.39, 0.29) is 5.97 Å². The highest BCUT2D eigenvalue weighted by Crippen LogP contribution is 2.44. The molecule has 0 aromatic carbocycles. The first kappa shape index (κ1) is 20.5. The quantitative estimate of drug-likeness (QED) is 0.322. The van der Waals surface area contributed by atoms with Crippen LogP contribution in [0.1, 0.15) is 72.6 Å². The van der Waals surface area contributed by atoms with Gasteiger partial charge in [0, 0.05) is 6.08 Å². The summed E-state index contributed by atoms with van der Waals surface area (Å²) < 4.78 is 4.66. The van der Waals surface area contributed by atoms with Gasteiger partial charge in [-0.15, -0.1) is 0 Å². The van der Waals surface area contributed by atoms with E-state index in [2.05, 4.69) is 37.7 Å². The van der Waals surface area contributed by atoms with Crippen LogP contribution in [0, 0.1) is 5.41 Å². The SMILES string of the molecule is COC(=O)/C=C(C)/C=C/C=C(C)/C1=C/C2=C(CCCC1)CCCC2(C)C. The van der Waals surface area contributed by atoms with Gasteiger partial charge in [-0.05, 0) is 86.5 Å². The molecule has 0 bridgehead atoms. The van der Waals surface area contributed by atoms with E-state index in [0.29, 0.717) is 5.41 Å². The van der Waals surface area contributed by atoms with Gasteiger partial charge in [-0.2, -0.15) is 0 Å². The summed E-state index contributed by atoms with van der Waals surface area (Å²) in [7, 11) is 1.40. The molecule has 0 fully saturated rings. The third-order valence-electron chi connectivity index (χ3n) is 5.64. The Kier molecular flexibility index (Phi) is 7.25. The van der Waals surface area contributed by atoms with Gasteiger partial charge in [0.05, 0.1) is 7.11 Å². The van der Waals surface area contributed by atoms with Crippen molar-refractivity contribution in [3.63, 3.8) is 0 Å². The van der Waals surface area contributed by atoms with Crippen LogP contribution in [0.2, 0.25) is 0 Å². The van der Waals surface area contributed by atoms with Crippen molar-refractivity contribution >= 4 is 5.97 Å². The molecule has 2 nitrogen and oxygen atoms in total. The van der Waals surface area contributed by atoms with E-state index in [1.807, 2.05) is 19.1 Å². The van der Waals surface area contributed by atoms with Gasteiger partial charge >= 0.3 is 5.97 Å². The fourth-order valence-corrected chi connectivity index (χ4v) is 4.00. The summed E-state index contributed by atoms with van der Waals surface area (Å²) in [5, 5.41) is 0. The molecule has 0 unspecified atom stereocenters. The first-order valence-corrected chi connectivity index (χ1v) is 9.88. The van der Waals surface area contributed by atoms with Crippen LogP contribution in [0.4, 0.5) is 0 Å². The van der Waals surface area contributed by atoms with E-state index >= 15 is 0 Å². The molecule has 0 aromatic rings. The second kappa shape index (κ2) is 9.21. The molecular formula is C24H34O2. The molecule has 0 aromatic heterocycles. The minimum atomic E-state index is -0.311. The van der Waals surface area contributed by atoms with Crippen molar-refractivity contribution in [3.05, 3.63) is 58.2 Å². The molecule has 142 valence electrons. The molecule has 0 heterocycles. The first-order chi connectivity index (χ1) is 12.3. The van der Waals surface area contributed by atoms with E-state index in [0.717, 1.165) is 12.0 Å². The van der Waals surface area contributed by atoms with Gasteiger partial charge in [0.2, 0.25) is 0 Å². The fraction of sp³-hybridized carbons (Fsp3) is 0.542. The first-order valence-electron chi connectivity index (χ1n) is 9.88. The van der Waals surface area contributed by atoms with Crippen molar-refractivity contribution < 1.29 is 9.53 Å². The minimum Gasteiger partial charge on any atom is -0.466 e. The molecule has 0 N–H and O–H groups in total. The maximum atomic E-state index is 11.3. The van der Waals surface area contributed by atoms with Crippen LogP contribution in [0.3, 0.4) is 0 Å². The zero-order valence-corrected chi connectivity index (χ0v) is 17.2. The lowest BCUT2D eigenvalue weighted by Gasteiger charge is -2.35. The van der Waals surface area contributed by atoms with Crippen molar-refractivity contribution in [2.45, 2.75) is 72.6 Å². The number of hydrogen-bond acceptors (Lipinski definition) is 2. The Morgan fingerprint density at radius 3 is 2.54 bits per heavy atom. The molecule has 0 radical (unpaired) electrons. The Bertz CT molecular complexity index is 681. The number of allylic oxidation sites excluding steroid dienone is 9. The number of esters is 1. The Morgan fingerprint density at radius 2 is 1.81 bits per heavy atom. The summed E-state index contributed by atoms with van der Waals surface area (Å²) in [4.78, 5) is 11.3. The monoisotopic (exact) mass is 354 g/mol. The van der Waals surface area contributed by atoms with Crippen LogP contribution in [-0.4, -0.2) is 13.1 Å². The average Bonchev–Trinajstić information content (AvgIpc) is 2.55. The van der Waals surface area contributed by atoms with Crippen molar-refractivity contribution in [1.82, 2.24) is 0 Å². The Morgan fingerprint density at radius 1 is 1.12 bits per heavy atom. The van der Waals surface area contributed by atoms with E-state index in [4.69, 9.17) is 0 Å². The molecule has 0 aliphatic heterocycles. The lowest BCUT2D eigenvalue weighted by atomic mass is 9.70. The molecule has 0 saturated heterocycles. The topological polar surface area (TPSA) is 26.3 Å². The minimum absolute atomic E-state index is 0.298. The number of rotatable bonds is 4. The maximum Gasteiger partial charge on any atom is 0.330 e. The van der Waals surface area contributed by atoms with Crippen molar-refractivity contribution in [2.75, 3.05) is 7.11 Å². The van der Waals surface area contributed by atoms with Crippen LogP contribution in [0.15, 0.2) is 58.2 Å². The smallest absolute Gasteiger partial charge is 0.330 e. The standard InChI is InChI=1S/C24H34O2/c1-18(16-23(25)26-5)10-8-11-19(2)21-13-7-6-12-20-14-9-15-24(3,4)22(20)17-21/h8,10-11,16-17H,6-7,9,12-15H2,1-5H3/b10-8+,18-16+,19-11+,21-17+. The fourth-order valence-electron chi connectivity index (χ4n) is 4.00. The summed E-state index contributed by atoms with van der Waals surface area (Å²) in [6.07, 6.45) is 19.1. The number of carbonyl (C=O) groups excluding carboxylic acids is 1. The number of carbonyl (C=O) groups is 1. The van der Waals surface area contributed by atoms with Crippen LogP contribution in [0.5, 0.6) is 0 Å². The molecule has 2 aliphatic rings. The Balaban J connectivity index is 2.24. The molecule has 2 rings (SSSR count). The van der Waals surface area contributed by atoms with Gasteiger partial charge in [0.15, 0.2) is 0 Å². The van der Waals surface area contributed by atoms with Gasteiger partial charge in [-0.25, -0.2) is 4.79 Å². The van der Waals surface area contributed by atoms with E-state index in [1.165, 1.54) is 62.9 Å². The molecule has 2 heteroatoms. The van der Waals surface area contributed by atoms with Crippen molar-refractivity contribution in [3.8, 4) is 0 Å². The highest BCUT2D eigenvalue weighted by Gasteiger charge is 2.29. The van der Waals surface area contributed by atoms with Crippen LogP contribution < -0.4 is 0 Å². The molecular weight excluding hydrogens is 320 g/mol. The molecule has 0 saturated carbocycles. The second-order valence-electron chi connectivity index (χ2n) is 8.25. The summed E-state index contributed by atoms with van der Waals surface area (Å²) >= 11 is 0. The number of methoxy groups -OCH3 is 1. The van der Waals surface area contributed by atoms with Crippen molar-refractivity contribution in [1.29, 1.82) is 0 Å². The maximum absolute atomic E-state index is 11.3. The summed E-state index contributed by atoms with van der Waals surface area (Å²) in [5.74, 6) is -0.311. The highest BCUT2D eigenvalue weighted by molar-refractivity contribution is 5.83. The summed E-state index contributed by atoms with van der Waals surface area (Å²) in [5.41, 5.74) is 7.27. The molecule has 0 amide bonds. The van der Waals surface area contributed by atoms with Gasteiger partial charge in [-0.1, -0.05) is 43.7 Å². The number of ether oxygens (including phenoxy) is 1. The predicted octanol–water partition coefficient (Wildman–Crippen LogP) is 6.62. The molecule has 0 atom stereocenters. The third kappa shape index (κ3) is 5.59. The zero-order valence-electron chi connectivity index (χ0n) is 17.2. The Hall–Kier alpha value is -1.83. The largest absolute Gasteiger partial charge is 0.466 e. The molecule has 26 heavy (non-hydrogen) atoms. The average molecular weight is 355 g/mol. The third-order valence-corrected chi connectivity index (χ3v) is 5.64. The van der Waals surface area contributed by atoms with E-state index in [9.17, 15) is 4.79 Å². The summed E-state index contributed by atoms with van der Waals surface area (Å²) in [6, 6.07) is 0. The van der Waals surface area contributed by atoms with E-state index < -0.39 is 0 Å². The highest BCUT2D eigenvalue weighted by atomic mass is 16.5. The van der Waals surface area contributed by atoms with E-state index in [1.54, 1.807) is 11.1 Å². The van der Waals surface area contributed by atoms with Gasteiger partial charge in [0.1, 0.15) is 0 Å².